The van der Waals surface area contributed by atoms with E-state index >= 15 is 0 Å². The van der Waals surface area contributed by atoms with Crippen molar-refractivity contribution in [2.75, 3.05) is 11.5 Å². The van der Waals surface area contributed by atoms with Crippen LogP contribution in [0.1, 0.15) is 46.0 Å². The van der Waals surface area contributed by atoms with Crippen molar-refractivity contribution in [3.8, 4) is 0 Å². The lowest BCUT2D eigenvalue weighted by molar-refractivity contribution is -0.134. The standard InChI is InChI=1S/C11H20O8S2/c1-3-20(14,15)18-10(12)8-6-5-7-9-11(13)19-21(16,17)4-2/h3-9H2,1-2H3. The van der Waals surface area contributed by atoms with Crippen LogP contribution >= 0.6 is 0 Å². The fourth-order valence-corrected chi connectivity index (χ4v) is 2.17. The van der Waals surface area contributed by atoms with Crippen LogP contribution in [-0.2, 0) is 38.2 Å². The summed E-state index contributed by atoms with van der Waals surface area (Å²) < 4.78 is 52.5. The molecule has 0 fully saturated rings. The maximum atomic E-state index is 11.2. The van der Waals surface area contributed by atoms with Gasteiger partial charge in [0, 0.05) is 12.8 Å². The highest BCUT2D eigenvalue weighted by Crippen LogP contribution is 2.08. The van der Waals surface area contributed by atoms with Gasteiger partial charge in [-0.05, 0) is 26.7 Å². The molecule has 0 N–H and O–H groups in total. The Morgan fingerprint density at radius 3 is 1.33 bits per heavy atom. The Morgan fingerprint density at radius 1 is 0.714 bits per heavy atom. The Hall–Kier alpha value is -1.16. The minimum absolute atomic E-state index is 0.0818. The van der Waals surface area contributed by atoms with E-state index in [9.17, 15) is 26.4 Å². The Kier molecular flexibility index (Phi) is 8.48. The summed E-state index contributed by atoms with van der Waals surface area (Å²) in [5, 5.41) is 0. The van der Waals surface area contributed by atoms with Gasteiger partial charge in [-0.2, -0.15) is 16.8 Å². The molecule has 0 heterocycles. The van der Waals surface area contributed by atoms with Crippen molar-refractivity contribution in [2.24, 2.45) is 0 Å². The van der Waals surface area contributed by atoms with Crippen LogP contribution < -0.4 is 0 Å². The Labute approximate surface area is 125 Å². The van der Waals surface area contributed by atoms with Gasteiger partial charge in [-0.25, -0.2) is 0 Å². The summed E-state index contributed by atoms with van der Waals surface area (Å²) in [5.41, 5.74) is 0. The Morgan fingerprint density at radius 2 is 1.05 bits per heavy atom. The van der Waals surface area contributed by atoms with E-state index in [1.807, 2.05) is 0 Å². The molecule has 21 heavy (non-hydrogen) atoms. The van der Waals surface area contributed by atoms with Gasteiger partial charge in [-0.3, -0.25) is 9.59 Å². The van der Waals surface area contributed by atoms with Crippen molar-refractivity contribution in [3.05, 3.63) is 0 Å². The molecular weight excluding hydrogens is 324 g/mol. The van der Waals surface area contributed by atoms with E-state index in [0.29, 0.717) is 19.3 Å². The summed E-state index contributed by atoms with van der Waals surface area (Å²) in [7, 11) is -7.58. The van der Waals surface area contributed by atoms with Gasteiger partial charge in [-0.1, -0.05) is 6.42 Å². The fraction of sp³-hybridized carbons (Fsp3) is 0.818. The summed E-state index contributed by atoms with van der Waals surface area (Å²) in [6, 6.07) is 0. The molecule has 8 nitrogen and oxygen atoms in total. The first-order chi connectivity index (χ1) is 9.62. The molecule has 10 heteroatoms. The highest BCUT2D eigenvalue weighted by molar-refractivity contribution is 7.87. The van der Waals surface area contributed by atoms with Crippen molar-refractivity contribution in [1.82, 2.24) is 0 Å². The molecule has 0 spiro atoms. The van der Waals surface area contributed by atoms with Crippen molar-refractivity contribution in [2.45, 2.75) is 46.0 Å². The minimum Gasteiger partial charge on any atom is -0.346 e. The van der Waals surface area contributed by atoms with Gasteiger partial charge in [0.15, 0.2) is 0 Å². The smallest absolute Gasteiger partial charge is 0.322 e. The Balaban J connectivity index is 3.83. The van der Waals surface area contributed by atoms with Gasteiger partial charge in [0.1, 0.15) is 0 Å². The molecule has 124 valence electrons. The lowest BCUT2D eigenvalue weighted by Gasteiger charge is -2.04. The molecule has 0 radical (unpaired) electrons. The third-order valence-corrected chi connectivity index (χ3v) is 4.70. The summed E-state index contributed by atoms with van der Waals surface area (Å²) in [4.78, 5) is 22.3. The van der Waals surface area contributed by atoms with Crippen LogP contribution in [0.25, 0.3) is 0 Å². The van der Waals surface area contributed by atoms with Gasteiger partial charge < -0.3 is 8.37 Å². The number of hydrogen-bond donors (Lipinski definition) is 0. The highest BCUT2D eigenvalue weighted by Gasteiger charge is 2.15. The maximum absolute atomic E-state index is 11.2. The minimum atomic E-state index is -3.79. The van der Waals surface area contributed by atoms with Crippen molar-refractivity contribution >= 4 is 32.2 Å². The molecule has 0 bridgehead atoms. The number of unbranched alkanes of at least 4 members (excludes halogenated alkanes) is 2. The van der Waals surface area contributed by atoms with Gasteiger partial charge in [0.05, 0.1) is 11.5 Å². The SMILES string of the molecule is CCS(=O)(=O)OC(=O)CCCCCC(=O)OS(=O)(=O)CC. The summed E-state index contributed by atoms with van der Waals surface area (Å²) in [6.45, 7) is 2.72. The zero-order valence-electron chi connectivity index (χ0n) is 12.0. The topological polar surface area (TPSA) is 121 Å². The Bertz CT molecular complexity index is 497. The average Bonchev–Trinajstić information content (AvgIpc) is 2.37. The van der Waals surface area contributed by atoms with Gasteiger partial charge in [0.25, 0.3) is 0 Å². The van der Waals surface area contributed by atoms with Crippen LogP contribution in [0.4, 0.5) is 0 Å². The quantitative estimate of drug-likeness (QED) is 0.420. The monoisotopic (exact) mass is 344 g/mol. The van der Waals surface area contributed by atoms with Crippen LogP contribution in [0.15, 0.2) is 0 Å². The third kappa shape index (κ3) is 10.2. The molecule has 0 aromatic carbocycles. The van der Waals surface area contributed by atoms with Crippen molar-refractivity contribution < 1.29 is 34.8 Å². The highest BCUT2D eigenvalue weighted by atomic mass is 32.2. The first kappa shape index (κ1) is 19.8. The number of rotatable bonds is 10. The number of hydrogen-bond acceptors (Lipinski definition) is 8. The normalized spacial score (nSPS) is 11.9. The van der Waals surface area contributed by atoms with E-state index in [1.54, 1.807) is 0 Å². The largest absolute Gasteiger partial charge is 0.346 e. The summed E-state index contributed by atoms with van der Waals surface area (Å²) in [6.07, 6.45) is 0.962. The van der Waals surface area contributed by atoms with Gasteiger partial charge >= 0.3 is 32.2 Å². The van der Waals surface area contributed by atoms with Gasteiger partial charge in [0.2, 0.25) is 0 Å². The fourth-order valence-electron chi connectivity index (χ4n) is 1.20. The van der Waals surface area contributed by atoms with E-state index in [0.717, 1.165) is 0 Å². The van der Waals surface area contributed by atoms with Crippen LogP contribution in [-0.4, -0.2) is 40.3 Å². The van der Waals surface area contributed by atoms with E-state index in [1.165, 1.54) is 13.8 Å². The molecule has 0 aromatic heterocycles. The van der Waals surface area contributed by atoms with Crippen LogP contribution in [0.3, 0.4) is 0 Å². The van der Waals surface area contributed by atoms with E-state index in [2.05, 4.69) is 8.37 Å². The second-order valence-electron chi connectivity index (χ2n) is 4.16. The molecule has 0 aliphatic rings. The molecule has 0 aliphatic carbocycles. The number of carbonyl (C=O) groups excluding carboxylic acids is 2. The molecule has 0 unspecified atom stereocenters. The van der Waals surface area contributed by atoms with E-state index in [-0.39, 0.29) is 24.3 Å². The van der Waals surface area contributed by atoms with Crippen molar-refractivity contribution in [3.63, 3.8) is 0 Å². The summed E-state index contributed by atoms with van der Waals surface area (Å²) in [5.74, 6) is -2.24. The van der Waals surface area contributed by atoms with Gasteiger partial charge in [-0.15, -0.1) is 0 Å². The predicted octanol–water partition coefficient (Wildman–Crippen LogP) is 0.723. The van der Waals surface area contributed by atoms with E-state index < -0.39 is 32.2 Å². The second kappa shape index (κ2) is 8.98. The zero-order chi connectivity index (χ0) is 16.5. The molecular formula is C11H20O8S2. The molecule has 0 aromatic rings. The molecule has 0 amide bonds. The summed E-state index contributed by atoms with van der Waals surface area (Å²) >= 11 is 0. The molecule has 0 saturated heterocycles. The third-order valence-electron chi connectivity index (χ3n) is 2.41. The second-order valence-corrected chi connectivity index (χ2v) is 7.88. The molecule has 0 aliphatic heterocycles. The average molecular weight is 344 g/mol. The van der Waals surface area contributed by atoms with Crippen molar-refractivity contribution in [1.29, 1.82) is 0 Å². The van der Waals surface area contributed by atoms with Crippen LogP contribution in [0, 0.1) is 0 Å². The first-order valence-electron chi connectivity index (χ1n) is 6.52. The predicted molar refractivity (Wildman–Crippen MR) is 74.2 cm³/mol. The first-order valence-corrected chi connectivity index (χ1v) is 9.67. The van der Waals surface area contributed by atoms with E-state index in [4.69, 9.17) is 0 Å². The molecule has 0 atom stereocenters. The number of carbonyl (C=O) groups is 2. The zero-order valence-corrected chi connectivity index (χ0v) is 13.7. The maximum Gasteiger partial charge on any atom is 0.322 e. The van der Waals surface area contributed by atoms with Crippen LogP contribution in [0.5, 0.6) is 0 Å². The molecule has 0 rings (SSSR count). The lowest BCUT2D eigenvalue weighted by Crippen LogP contribution is -2.15. The van der Waals surface area contributed by atoms with Crippen LogP contribution in [0.2, 0.25) is 0 Å². The lowest BCUT2D eigenvalue weighted by atomic mass is 10.1. The molecule has 0 saturated carbocycles.